The molecule has 3 nitrogen and oxygen atoms in total. The van der Waals surface area contributed by atoms with Gasteiger partial charge in [0.25, 0.3) is 0 Å². The van der Waals surface area contributed by atoms with Gasteiger partial charge in [-0.3, -0.25) is 4.98 Å². The molecule has 0 saturated carbocycles. The van der Waals surface area contributed by atoms with Gasteiger partial charge in [-0.25, -0.2) is 4.39 Å². The Kier molecular flexibility index (Phi) is 5.49. The molecule has 0 aliphatic heterocycles. The normalized spacial score (nSPS) is 13.6. The first-order valence-corrected chi connectivity index (χ1v) is 5.37. The van der Waals surface area contributed by atoms with Crippen molar-refractivity contribution in [2.75, 3.05) is 19.8 Å². The number of hydrogen-bond donors (Lipinski definition) is 1. The number of rotatable bonds is 6. The minimum absolute atomic E-state index is 0.0629. The number of aromatic nitrogens is 1. The number of halogens is 4. The molecule has 0 aliphatic carbocycles. The molecule has 0 aromatic carbocycles. The van der Waals surface area contributed by atoms with E-state index in [9.17, 15) is 17.6 Å². The van der Waals surface area contributed by atoms with Crippen LogP contribution in [-0.2, 0) is 4.74 Å². The number of pyridine rings is 1. The van der Waals surface area contributed by atoms with Gasteiger partial charge in [-0.1, -0.05) is 0 Å². The van der Waals surface area contributed by atoms with Crippen molar-refractivity contribution < 1.29 is 22.3 Å². The van der Waals surface area contributed by atoms with E-state index < -0.39 is 18.6 Å². The first-order chi connectivity index (χ1) is 8.38. The molecule has 102 valence electrons. The van der Waals surface area contributed by atoms with Crippen LogP contribution in [0.25, 0.3) is 0 Å². The van der Waals surface area contributed by atoms with Crippen LogP contribution < -0.4 is 5.32 Å². The van der Waals surface area contributed by atoms with Crippen LogP contribution in [0.5, 0.6) is 0 Å². The average Bonchev–Trinajstić information content (AvgIpc) is 2.26. The standard InChI is InChI=1S/C11H14F4N2O/c1-8(9-4-10(12)6-16-5-9)17-2-3-18-7-11(13,14)15/h4-6,8,17H,2-3,7H2,1H3. The molecule has 1 unspecified atom stereocenters. The van der Waals surface area contributed by atoms with E-state index in [0.717, 1.165) is 6.20 Å². The fraction of sp³-hybridized carbons (Fsp3) is 0.545. The van der Waals surface area contributed by atoms with Crippen molar-refractivity contribution in [3.63, 3.8) is 0 Å². The molecule has 0 saturated heterocycles. The second-order valence-electron chi connectivity index (χ2n) is 3.78. The van der Waals surface area contributed by atoms with Gasteiger partial charge in [-0.15, -0.1) is 0 Å². The van der Waals surface area contributed by atoms with Crippen LogP contribution in [0.1, 0.15) is 18.5 Å². The summed E-state index contributed by atoms with van der Waals surface area (Å²) in [5.41, 5.74) is 0.630. The van der Waals surface area contributed by atoms with Crippen molar-refractivity contribution in [1.82, 2.24) is 10.3 Å². The molecule has 0 radical (unpaired) electrons. The Morgan fingerprint density at radius 2 is 2.11 bits per heavy atom. The SMILES string of the molecule is CC(NCCOCC(F)(F)F)c1cncc(F)c1. The van der Waals surface area contributed by atoms with Gasteiger partial charge in [0.1, 0.15) is 12.4 Å². The molecule has 1 aromatic rings. The fourth-order valence-electron chi connectivity index (χ4n) is 1.32. The van der Waals surface area contributed by atoms with Crippen LogP contribution in [0.4, 0.5) is 17.6 Å². The van der Waals surface area contributed by atoms with Gasteiger partial charge in [0.05, 0.1) is 12.8 Å². The number of nitrogens with one attached hydrogen (secondary N) is 1. The molecule has 0 bridgehead atoms. The number of ether oxygens (including phenoxy) is 1. The predicted octanol–water partition coefficient (Wildman–Crippen LogP) is 2.45. The Bertz CT molecular complexity index is 370. The molecule has 7 heteroatoms. The lowest BCUT2D eigenvalue weighted by Crippen LogP contribution is -2.26. The van der Waals surface area contributed by atoms with E-state index >= 15 is 0 Å². The van der Waals surface area contributed by atoms with Gasteiger partial charge in [0, 0.05) is 18.8 Å². The number of nitrogens with zero attached hydrogens (tertiary/aromatic N) is 1. The van der Waals surface area contributed by atoms with Crippen LogP contribution in [0.3, 0.4) is 0 Å². The van der Waals surface area contributed by atoms with Gasteiger partial charge in [-0.05, 0) is 18.6 Å². The van der Waals surface area contributed by atoms with Crippen LogP contribution in [0.15, 0.2) is 18.5 Å². The molecule has 0 fully saturated rings. The van der Waals surface area contributed by atoms with Gasteiger partial charge in [0.15, 0.2) is 0 Å². The van der Waals surface area contributed by atoms with E-state index in [1.807, 2.05) is 0 Å². The highest BCUT2D eigenvalue weighted by molar-refractivity contribution is 5.14. The Morgan fingerprint density at radius 3 is 2.72 bits per heavy atom. The van der Waals surface area contributed by atoms with E-state index in [0.29, 0.717) is 5.56 Å². The molecule has 1 heterocycles. The highest BCUT2D eigenvalue weighted by Gasteiger charge is 2.27. The molecule has 18 heavy (non-hydrogen) atoms. The Morgan fingerprint density at radius 1 is 1.39 bits per heavy atom. The lowest BCUT2D eigenvalue weighted by molar-refractivity contribution is -0.173. The van der Waals surface area contributed by atoms with Crippen molar-refractivity contribution in [3.05, 3.63) is 29.8 Å². The molecular weight excluding hydrogens is 252 g/mol. The van der Waals surface area contributed by atoms with E-state index in [-0.39, 0.29) is 19.2 Å². The zero-order valence-corrected chi connectivity index (χ0v) is 9.80. The van der Waals surface area contributed by atoms with E-state index in [4.69, 9.17) is 0 Å². The van der Waals surface area contributed by atoms with Crippen molar-refractivity contribution in [1.29, 1.82) is 0 Å². The van der Waals surface area contributed by atoms with Crippen molar-refractivity contribution in [3.8, 4) is 0 Å². The zero-order chi connectivity index (χ0) is 13.6. The lowest BCUT2D eigenvalue weighted by atomic mass is 10.1. The van der Waals surface area contributed by atoms with Crippen LogP contribution in [-0.4, -0.2) is 30.9 Å². The molecule has 1 N–H and O–H groups in total. The third-order valence-corrected chi connectivity index (χ3v) is 2.19. The van der Waals surface area contributed by atoms with Crippen molar-refractivity contribution >= 4 is 0 Å². The fourth-order valence-corrected chi connectivity index (χ4v) is 1.32. The zero-order valence-electron chi connectivity index (χ0n) is 9.80. The smallest absolute Gasteiger partial charge is 0.371 e. The predicted molar refractivity (Wildman–Crippen MR) is 57.5 cm³/mol. The van der Waals surface area contributed by atoms with E-state index in [2.05, 4.69) is 15.0 Å². The quantitative estimate of drug-likeness (QED) is 0.634. The van der Waals surface area contributed by atoms with Gasteiger partial charge >= 0.3 is 6.18 Å². The Labute approximate surface area is 102 Å². The summed E-state index contributed by atoms with van der Waals surface area (Å²) in [4.78, 5) is 3.69. The third-order valence-electron chi connectivity index (χ3n) is 2.19. The minimum atomic E-state index is -4.31. The van der Waals surface area contributed by atoms with Gasteiger partial charge in [-0.2, -0.15) is 13.2 Å². The van der Waals surface area contributed by atoms with E-state index in [1.165, 1.54) is 12.3 Å². The van der Waals surface area contributed by atoms with Crippen LogP contribution >= 0.6 is 0 Å². The summed E-state index contributed by atoms with van der Waals surface area (Å²) in [5, 5.41) is 2.91. The Hall–Kier alpha value is -1.21. The summed E-state index contributed by atoms with van der Waals surface area (Å²) in [6.45, 7) is 0.686. The maximum Gasteiger partial charge on any atom is 0.411 e. The largest absolute Gasteiger partial charge is 0.411 e. The van der Waals surface area contributed by atoms with Gasteiger partial charge < -0.3 is 10.1 Å². The topological polar surface area (TPSA) is 34.1 Å². The first kappa shape index (κ1) is 14.8. The summed E-state index contributed by atoms with van der Waals surface area (Å²) < 4.78 is 52.6. The molecule has 1 rings (SSSR count). The monoisotopic (exact) mass is 266 g/mol. The summed E-state index contributed by atoms with van der Waals surface area (Å²) in [6.07, 6.45) is -1.72. The van der Waals surface area contributed by atoms with Crippen molar-refractivity contribution in [2.24, 2.45) is 0 Å². The second kappa shape index (κ2) is 6.65. The van der Waals surface area contributed by atoms with E-state index in [1.54, 1.807) is 6.92 Å². The third kappa shape index (κ3) is 5.92. The molecular formula is C11H14F4N2O. The highest BCUT2D eigenvalue weighted by Crippen LogP contribution is 2.14. The second-order valence-corrected chi connectivity index (χ2v) is 3.78. The molecule has 0 amide bonds. The van der Waals surface area contributed by atoms with Gasteiger partial charge in [0.2, 0.25) is 0 Å². The summed E-state index contributed by atoms with van der Waals surface area (Å²) in [6, 6.07) is 1.11. The van der Waals surface area contributed by atoms with Crippen LogP contribution in [0.2, 0.25) is 0 Å². The average molecular weight is 266 g/mol. The molecule has 1 atom stereocenters. The molecule has 0 aliphatic rings. The minimum Gasteiger partial charge on any atom is -0.371 e. The summed E-state index contributed by atoms with van der Waals surface area (Å²) in [5.74, 6) is -0.450. The highest BCUT2D eigenvalue weighted by atomic mass is 19.4. The molecule has 0 spiro atoms. The lowest BCUT2D eigenvalue weighted by Gasteiger charge is -2.14. The maximum absolute atomic E-state index is 12.9. The number of hydrogen-bond acceptors (Lipinski definition) is 3. The maximum atomic E-state index is 12.9. The molecule has 1 aromatic heterocycles. The Balaban J connectivity index is 2.23. The van der Waals surface area contributed by atoms with Crippen molar-refractivity contribution in [2.45, 2.75) is 19.1 Å². The summed E-state index contributed by atoms with van der Waals surface area (Å²) in [7, 11) is 0. The first-order valence-electron chi connectivity index (χ1n) is 5.37. The summed E-state index contributed by atoms with van der Waals surface area (Å²) >= 11 is 0. The number of alkyl halides is 3. The van der Waals surface area contributed by atoms with Crippen LogP contribution in [0, 0.1) is 5.82 Å².